The van der Waals surface area contributed by atoms with Crippen LogP contribution >= 0.6 is 24.0 Å². The van der Waals surface area contributed by atoms with Crippen molar-refractivity contribution in [2.75, 3.05) is 31.0 Å². The van der Waals surface area contributed by atoms with E-state index in [2.05, 4.69) is 5.32 Å². The van der Waals surface area contributed by atoms with E-state index in [0.29, 0.717) is 32.2 Å². The van der Waals surface area contributed by atoms with E-state index >= 15 is 0 Å². The highest BCUT2D eigenvalue weighted by molar-refractivity contribution is 8.27. The fourth-order valence-electron chi connectivity index (χ4n) is 3.75. The van der Waals surface area contributed by atoms with Gasteiger partial charge in [0, 0.05) is 5.69 Å². The molecule has 9 heteroatoms. The minimum atomic E-state index is -0.269. The first kappa shape index (κ1) is 26.2. The van der Waals surface area contributed by atoms with Crippen LogP contribution in [0, 0.1) is 0 Å². The van der Waals surface area contributed by atoms with Crippen LogP contribution in [0.3, 0.4) is 0 Å². The van der Waals surface area contributed by atoms with Crippen molar-refractivity contribution in [3.63, 3.8) is 0 Å². The number of nitrogens with zero attached hydrogens (tertiary/aromatic N) is 1. The molecular formula is C28H26N2O5S2. The van der Waals surface area contributed by atoms with Crippen LogP contribution in [-0.2, 0) is 16.0 Å². The van der Waals surface area contributed by atoms with Crippen LogP contribution in [0.2, 0.25) is 0 Å². The number of hydrogen-bond donors (Lipinski definition) is 1. The zero-order valence-corrected chi connectivity index (χ0v) is 22.3. The number of benzene rings is 3. The first-order valence-electron chi connectivity index (χ1n) is 11.5. The molecule has 0 unspecified atom stereocenters. The standard InChI is InChI=1S/C28H26N2O5S2/c1-4-19-7-5-6-8-22(19)29-26(31)17-35-23-14-9-18(15-24(23)34-3)16-25-27(32)30(28(36)37-25)20-10-12-21(33-2)13-11-20/h5-16H,4,17H2,1-3H3,(H,29,31)/b25-16-. The van der Waals surface area contributed by atoms with Gasteiger partial charge < -0.3 is 19.5 Å². The monoisotopic (exact) mass is 534 g/mol. The molecule has 0 aliphatic carbocycles. The average molecular weight is 535 g/mol. The smallest absolute Gasteiger partial charge is 0.270 e. The van der Waals surface area contributed by atoms with Gasteiger partial charge in [0.1, 0.15) is 5.75 Å². The largest absolute Gasteiger partial charge is 0.497 e. The van der Waals surface area contributed by atoms with Gasteiger partial charge in [-0.3, -0.25) is 14.5 Å². The fourth-order valence-corrected chi connectivity index (χ4v) is 5.05. The summed E-state index contributed by atoms with van der Waals surface area (Å²) in [6.07, 6.45) is 2.56. The maximum absolute atomic E-state index is 13.1. The summed E-state index contributed by atoms with van der Waals surface area (Å²) in [7, 11) is 3.11. The summed E-state index contributed by atoms with van der Waals surface area (Å²) in [4.78, 5) is 27.5. The summed E-state index contributed by atoms with van der Waals surface area (Å²) < 4.78 is 16.8. The van der Waals surface area contributed by atoms with Gasteiger partial charge in [0.15, 0.2) is 22.4 Å². The van der Waals surface area contributed by atoms with Crippen molar-refractivity contribution in [1.82, 2.24) is 0 Å². The SMILES string of the molecule is CCc1ccccc1NC(=O)COc1ccc(/C=C2\SC(=S)N(c3ccc(OC)cc3)C2=O)cc1OC. The second kappa shape index (κ2) is 11.9. The van der Waals surface area contributed by atoms with Crippen LogP contribution in [0.1, 0.15) is 18.1 Å². The molecule has 3 aromatic carbocycles. The Bertz CT molecular complexity index is 1350. The van der Waals surface area contributed by atoms with Gasteiger partial charge in [0.25, 0.3) is 11.8 Å². The number of amides is 2. The van der Waals surface area contributed by atoms with Crippen LogP contribution in [-0.4, -0.2) is 37.0 Å². The highest BCUT2D eigenvalue weighted by Gasteiger charge is 2.33. The Hall–Kier alpha value is -3.82. The number of para-hydroxylation sites is 1. The topological polar surface area (TPSA) is 77.1 Å². The summed E-state index contributed by atoms with van der Waals surface area (Å²) in [6.45, 7) is 1.86. The highest BCUT2D eigenvalue weighted by atomic mass is 32.2. The second-order valence-electron chi connectivity index (χ2n) is 7.97. The molecule has 3 aromatic rings. The van der Waals surface area contributed by atoms with Gasteiger partial charge in [-0.15, -0.1) is 0 Å². The number of ether oxygens (including phenoxy) is 3. The molecule has 190 valence electrons. The van der Waals surface area contributed by atoms with Gasteiger partial charge in [0.2, 0.25) is 0 Å². The van der Waals surface area contributed by atoms with Gasteiger partial charge in [-0.1, -0.05) is 55.2 Å². The number of aryl methyl sites for hydroxylation is 1. The molecule has 1 fully saturated rings. The van der Waals surface area contributed by atoms with Crippen molar-refractivity contribution < 1.29 is 23.8 Å². The lowest BCUT2D eigenvalue weighted by Crippen LogP contribution is -2.27. The minimum Gasteiger partial charge on any atom is -0.497 e. The number of thioether (sulfide) groups is 1. The lowest BCUT2D eigenvalue weighted by molar-refractivity contribution is -0.118. The number of hydrogen-bond acceptors (Lipinski definition) is 7. The van der Waals surface area contributed by atoms with E-state index in [1.807, 2.05) is 31.2 Å². The molecule has 0 radical (unpaired) electrons. The van der Waals surface area contributed by atoms with Crippen molar-refractivity contribution in [2.45, 2.75) is 13.3 Å². The van der Waals surface area contributed by atoms with E-state index in [-0.39, 0.29) is 18.4 Å². The summed E-state index contributed by atoms with van der Waals surface area (Å²) in [5.74, 6) is 1.09. The molecule has 4 rings (SSSR count). The van der Waals surface area contributed by atoms with Gasteiger partial charge in [-0.2, -0.15) is 0 Å². The fraction of sp³-hybridized carbons (Fsp3) is 0.179. The Morgan fingerprint density at radius 2 is 1.78 bits per heavy atom. The number of rotatable bonds is 9. The molecule has 0 spiro atoms. The molecule has 1 heterocycles. The number of methoxy groups -OCH3 is 2. The van der Waals surface area contributed by atoms with Crippen LogP contribution < -0.4 is 24.4 Å². The normalized spacial score (nSPS) is 14.1. The van der Waals surface area contributed by atoms with Crippen LogP contribution in [0.4, 0.5) is 11.4 Å². The molecule has 1 aliphatic heterocycles. The first-order chi connectivity index (χ1) is 17.9. The maximum atomic E-state index is 13.1. The van der Waals surface area contributed by atoms with Crippen molar-refractivity contribution in [2.24, 2.45) is 0 Å². The summed E-state index contributed by atoms with van der Waals surface area (Å²) in [5, 5.41) is 2.88. The Balaban J connectivity index is 1.45. The van der Waals surface area contributed by atoms with E-state index in [1.54, 1.807) is 55.7 Å². The first-order valence-corrected chi connectivity index (χ1v) is 12.8. The number of anilines is 2. The quantitative estimate of drug-likeness (QED) is 0.279. The lowest BCUT2D eigenvalue weighted by atomic mass is 10.1. The molecule has 1 N–H and O–H groups in total. The predicted molar refractivity (Wildman–Crippen MR) is 152 cm³/mol. The summed E-state index contributed by atoms with van der Waals surface area (Å²) >= 11 is 6.69. The lowest BCUT2D eigenvalue weighted by Gasteiger charge is -2.14. The molecule has 37 heavy (non-hydrogen) atoms. The van der Waals surface area contributed by atoms with Gasteiger partial charge >= 0.3 is 0 Å². The number of nitrogens with one attached hydrogen (secondary N) is 1. The van der Waals surface area contributed by atoms with Crippen molar-refractivity contribution >= 4 is 57.6 Å². The minimum absolute atomic E-state index is 0.172. The van der Waals surface area contributed by atoms with E-state index in [9.17, 15) is 9.59 Å². The van der Waals surface area contributed by atoms with Gasteiger partial charge in [-0.25, -0.2) is 0 Å². The molecule has 0 bridgehead atoms. The molecule has 0 atom stereocenters. The van der Waals surface area contributed by atoms with Crippen molar-refractivity contribution in [3.8, 4) is 17.2 Å². The molecule has 0 saturated carbocycles. The van der Waals surface area contributed by atoms with E-state index in [0.717, 1.165) is 23.2 Å². The Kier molecular flexibility index (Phi) is 8.47. The molecular weight excluding hydrogens is 508 g/mol. The molecule has 1 aliphatic rings. The second-order valence-corrected chi connectivity index (χ2v) is 9.65. The average Bonchev–Trinajstić information content (AvgIpc) is 3.20. The summed E-state index contributed by atoms with van der Waals surface area (Å²) in [5.41, 5.74) is 3.23. The zero-order chi connectivity index (χ0) is 26.4. The molecule has 1 saturated heterocycles. The number of carbonyl (C=O) groups excluding carboxylic acids is 2. The maximum Gasteiger partial charge on any atom is 0.270 e. The van der Waals surface area contributed by atoms with Crippen molar-refractivity contribution in [3.05, 3.63) is 82.8 Å². The third-order valence-corrected chi connectivity index (χ3v) is 6.94. The van der Waals surface area contributed by atoms with Gasteiger partial charge in [0.05, 0.1) is 24.8 Å². The Morgan fingerprint density at radius 3 is 2.49 bits per heavy atom. The van der Waals surface area contributed by atoms with E-state index < -0.39 is 0 Å². The third-order valence-electron chi connectivity index (χ3n) is 5.64. The number of carbonyl (C=O) groups is 2. The Labute approximate surface area is 225 Å². The van der Waals surface area contributed by atoms with E-state index in [4.69, 9.17) is 26.4 Å². The molecule has 7 nitrogen and oxygen atoms in total. The summed E-state index contributed by atoms with van der Waals surface area (Å²) in [6, 6.07) is 20.1. The van der Waals surface area contributed by atoms with Crippen LogP contribution in [0.25, 0.3) is 6.08 Å². The van der Waals surface area contributed by atoms with Crippen LogP contribution in [0.15, 0.2) is 71.6 Å². The molecule has 2 amide bonds. The zero-order valence-electron chi connectivity index (χ0n) is 20.6. The van der Waals surface area contributed by atoms with Gasteiger partial charge in [-0.05, 0) is 66.1 Å². The van der Waals surface area contributed by atoms with Crippen molar-refractivity contribution in [1.29, 1.82) is 0 Å². The molecule has 0 aromatic heterocycles. The highest BCUT2D eigenvalue weighted by Crippen LogP contribution is 2.37. The van der Waals surface area contributed by atoms with E-state index in [1.165, 1.54) is 23.8 Å². The third kappa shape index (κ3) is 6.12. The number of thiocarbonyl (C=S) groups is 1. The Morgan fingerprint density at radius 1 is 1.03 bits per heavy atom. The predicted octanol–water partition coefficient (Wildman–Crippen LogP) is 5.69. The van der Waals surface area contributed by atoms with Crippen LogP contribution in [0.5, 0.6) is 17.2 Å².